The number of hydrogen-bond acceptors (Lipinski definition) is 3. The molecule has 2 rings (SSSR count). The summed E-state index contributed by atoms with van der Waals surface area (Å²) in [4.78, 5) is 15.2. The molecule has 1 aromatic rings. The molecule has 0 radical (unpaired) electrons. The molecule has 0 aromatic carbocycles. The normalized spacial score (nSPS) is 24.3. The Morgan fingerprint density at radius 2 is 2.47 bits per heavy atom. The summed E-state index contributed by atoms with van der Waals surface area (Å²) in [6, 6.07) is 0. The van der Waals surface area contributed by atoms with E-state index in [9.17, 15) is 13.6 Å². The first-order chi connectivity index (χ1) is 7.07. The number of halogens is 2. The van der Waals surface area contributed by atoms with Crippen molar-refractivity contribution in [1.82, 2.24) is 15.2 Å². The first kappa shape index (κ1) is 10.2. The van der Waals surface area contributed by atoms with Crippen molar-refractivity contribution in [3.8, 4) is 0 Å². The van der Waals surface area contributed by atoms with Gasteiger partial charge in [-0.05, 0) is 12.3 Å². The van der Waals surface area contributed by atoms with Gasteiger partial charge in [-0.1, -0.05) is 0 Å². The Balaban J connectivity index is 1.91. The molecule has 4 nitrogen and oxygen atoms in total. The summed E-state index contributed by atoms with van der Waals surface area (Å²) in [7, 11) is 0. The van der Waals surface area contributed by atoms with E-state index in [0.29, 0.717) is 6.42 Å². The average molecular weight is 215 g/mol. The third-order valence-electron chi connectivity index (χ3n) is 2.66. The molecule has 1 aliphatic carbocycles. The van der Waals surface area contributed by atoms with E-state index in [0.717, 1.165) is 0 Å². The number of rotatable bonds is 3. The highest BCUT2D eigenvalue weighted by Crippen LogP contribution is 2.40. The second-order valence-electron chi connectivity index (χ2n) is 3.93. The van der Waals surface area contributed by atoms with E-state index >= 15 is 0 Å². The zero-order valence-electron chi connectivity index (χ0n) is 8.04. The Morgan fingerprint density at radius 1 is 1.67 bits per heavy atom. The Morgan fingerprint density at radius 3 is 3.00 bits per heavy atom. The molecule has 0 aliphatic heterocycles. The highest BCUT2D eigenvalue weighted by molar-refractivity contribution is 5.92. The monoisotopic (exact) mass is 215 g/mol. The summed E-state index contributed by atoms with van der Waals surface area (Å²) >= 11 is 0. The molecule has 1 atom stereocenters. The van der Waals surface area contributed by atoms with Crippen LogP contribution in [0.25, 0.3) is 0 Å². The first-order valence-electron chi connectivity index (χ1n) is 4.83. The third-order valence-corrected chi connectivity index (χ3v) is 2.66. The van der Waals surface area contributed by atoms with E-state index in [4.69, 9.17) is 0 Å². The standard InChI is InChI=1S/C9H11F2N3O/c10-9(11)2-1-6(4-9)3-7(15)8-12-5-13-14-8/h5-6H,1-4H2,(H,12,13,14). The van der Waals surface area contributed by atoms with E-state index in [2.05, 4.69) is 15.2 Å². The molecular weight excluding hydrogens is 204 g/mol. The van der Waals surface area contributed by atoms with Crippen molar-refractivity contribution >= 4 is 5.78 Å². The highest BCUT2D eigenvalue weighted by atomic mass is 19.3. The maximum atomic E-state index is 12.8. The van der Waals surface area contributed by atoms with Gasteiger partial charge in [-0.25, -0.2) is 13.8 Å². The molecule has 82 valence electrons. The van der Waals surface area contributed by atoms with Gasteiger partial charge in [-0.2, -0.15) is 5.10 Å². The summed E-state index contributed by atoms with van der Waals surface area (Å²) in [5.41, 5.74) is 0. The molecular formula is C9H11F2N3O. The molecule has 1 saturated carbocycles. The molecule has 0 amide bonds. The van der Waals surface area contributed by atoms with Crippen molar-refractivity contribution in [2.24, 2.45) is 5.92 Å². The Hall–Kier alpha value is -1.33. The summed E-state index contributed by atoms with van der Waals surface area (Å²) in [6.45, 7) is 0. The van der Waals surface area contributed by atoms with Gasteiger partial charge in [0.15, 0.2) is 11.6 Å². The molecule has 0 saturated heterocycles. The van der Waals surface area contributed by atoms with Crippen LogP contribution in [-0.2, 0) is 0 Å². The number of nitrogens with zero attached hydrogens (tertiary/aromatic N) is 2. The summed E-state index contributed by atoms with van der Waals surface area (Å²) in [5, 5.41) is 5.97. The lowest BCUT2D eigenvalue weighted by Gasteiger charge is -2.08. The number of carbonyl (C=O) groups excluding carboxylic acids is 1. The van der Waals surface area contributed by atoms with Crippen LogP contribution in [0.5, 0.6) is 0 Å². The number of H-pyrrole nitrogens is 1. The van der Waals surface area contributed by atoms with E-state index in [1.165, 1.54) is 6.33 Å². The summed E-state index contributed by atoms with van der Waals surface area (Å²) in [5.74, 6) is -2.90. The number of nitrogens with one attached hydrogen (secondary N) is 1. The van der Waals surface area contributed by atoms with Gasteiger partial charge >= 0.3 is 0 Å². The average Bonchev–Trinajstić information content (AvgIpc) is 2.74. The van der Waals surface area contributed by atoms with Crippen LogP contribution in [0, 0.1) is 5.92 Å². The number of aromatic nitrogens is 3. The molecule has 1 fully saturated rings. The smallest absolute Gasteiger partial charge is 0.248 e. The number of carbonyl (C=O) groups is 1. The van der Waals surface area contributed by atoms with Crippen molar-refractivity contribution in [2.75, 3.05) is 0 Å². The molecule has 0 spiro atoms. The predicted molar refractivity (Wildman–Crippen MR) is 47.6 cm³/mol. The lowest BCUT2D eigenvalue weighted by atomic mass is 10.0. The van der Waals surface area contributed by atoms with Crippen LogP contribution >= 0.6 is 0 Å². The van der Waals surface area contributed by atoms with Gasteiger partial charge < -0.3 is 0 Å². The van der Waals surface area contributed by atoms with Crippen molar-refractivity contribution < 1.29 is 13.6 Å². The fourth-order valence-electron chi connectivity index (χ4n) is 1.91. The second kappa shape index (κ2) is 3.67. The second-order valence-corrected chi connectivity index (χ2v) is 3.93. The van der Waals surface area contributed by atoms with Crippen molar-refractivity contribution in [1.29, 1.82) is 0 Å². The minimum absolute atomic E-state index is 0.110. The van der Waals surface area contributed by atoms with Crippen LogP contribution < -0.4 is 0 Å². The Labute approximate surface area is 85.1 Å². The SMILES string of the molecule is O=C(CC1CCC(F)(F)C1)c1ncn[nH]1. The molecule has 1 aromatic heterocycles. The topological polar surface area (TPSA) is 58.6 Å². The van der Waals surface area contributed by atoms with Gasteiger partial charge in [0.25, 0.3) is 0 Å². The largest absolute Gasteiger partial charge is 0.291 e. The molecule has 1 heterocycles. The maximum absolute atomic E-state index is 12.8. The van der Waals surface area contributed by atoms with Gasteiger partial charge in [0.1, 0.15) is 6.33 Å². The molecule has 6 heteroatoms. The van der Waals surface area contributed by atoms with E-state index in [1.807, 2.05) is 0 Å². The molecule has 1 unspecified atom stereocenters. The van der Waals surface area contributed by atoms with Crippen LogP contribution in [0.1, 0.15) is 36.3 Å². The lowest BCUT2D eigenvalue weighted by Crippen LogP contribution is -2.12. The van der Waals surface area contributed by atoms with Crippen LogP contribution in [0.2, 0.25) is 0 Å². The summed E-state index contributed by atoms with van der Waals surface area (Å²) in [6.07, 6.45) is 1.47. The third kappa shape index (κ3) is 2.37. The number of Topliss-reactive ketones (excluding diaryl/α,β-unsaturated/α-hetero) is 1. The van der Waals surface area contributed by atoms with Crippen molar-refractivity contribution in [3.05, 3.63) is 12.2 Å². The predicted octanol–water partition coefficient (Wildman–Crippen LogP) is 1.81. The molecule has 1 N–H and O–H groups in total. The Kier molecular flexibility index (Phi) is 2.50. The fraction of sp³-hybridized carbons (Fsp3) is 0.667. The molecule has 15 heavy (non-hydrogen) atoms. The molecule has 1 aliphatic rings. The minimum Gasteiger partial charge on any atom is -0.291 e. The number of alkyl halides is 2. The first-order valence-corrected chi connectivity index (χ1v) is 4.83. The number of hydrogen-bond donors (Lipinski definition) is 1. The fourth-order valence-corrected chi connectivity index (χ4v) is 1.91. The van der Waals surface area contributed by atoms with Crippen LogP contribution in [-0.4, -0.2) is 26.9 Å². The van der Waals surface area contributed by atoms with Crippen molar-refractivity contribution in [3.63, 3.8) is 0 Å². The van der Waals surface area contributed by atoms with Gasteiger partial charge in [0.05, 0.1) is 0 Å². The number of ketones is 1. The van der Waals surface area contributed by atoms with E-state index in [1.54, 1.807) is 0 Å². The number of aromatic amines is 1. The van der Waals surface area contributed by atoms with Gasteiger partial charge in [0.2, 0.25) is 5.92 Å². The summed E-state index contributed by atoms with van der Waals surface area (Å²) < 4.78 is 25.7. The highest BCUT2D eigenvalue weighted by Gasteiger charge is 2.40. The maximum Gasteiger partial charge on any atom is 0.248 e. The lowest BCUT2D eigenvalue weighted by molar-refractivity contribution is 0.00496. The van der Waals surface area contributed by atoms with E-state index in [-0.39, 0.29) is 36.8 Å². The van der Waals surface area contributed by atoms with Gasteiger partial charge in [0, 0.05) is 19.3 Å². The van der Waals surface area contributed by atoms with E-state index < -0.39 is 5.92 Å². The van der Waals surface area contributed by atoms with Crippen LogP contribution in [0.15, 0.2) is 6.33 Å². The van der Waals surface area contributed by atoms with Gasteiger partial charge in [-0.3, -0.25) is 9.89 Å². The zero-order chi connectivity index (χ0) is 10.9. The van der Waals surface area contributed by atoms with Crippen LogP contribution in [0.3, 0.4) is 0 Å². The van der Waals surface area contributed by atoms with Crippen LogP contribution in [0.4, 0.5) is 8.78 Å². The zero-order valence-corrected chi connectivity index (χ0v) is 8.04. The Bertz CT molecular complexity index is 350. The van der Waals surface area contributed by atoms with Gasteiger partial charge in [-0.15, -0.1) is 0 Å². The quantitative estimate of drug-likeness (QED) is 0.782. The molecule has 0 bridgehead atoms. The van der Waals surface area contributed by atoms with Crippen molar-refractivity contribution in [2.45, 2.75) is 31.6 Å². The minimum atomic E-state index is -2.59.